The van der Waals surface area contributed by atoms with Crippen molar-refractivity contribution in [1.29, 1.82) is 0 Å². The smallest absolute Gasteiger partial charge is 0.249 e. The number of rotatable bonds is 4. The number of piperidine rings is 1. The molecule has 1 amide bonds. The Kier molecular flexibility index (Phi) is 4.31. The molecular formula is C19H24N4O2. The highest BCUT2D eigenvalue weighted by molar-refractivity contribution is 5.78. The maximum absolute atomic E-state index is 12.4. The molecular weight excluding hydrogens is 316 g/mol. The maximum atomic E-state index is 12.4. The zero-order chi connectivity index (χ0) is 17.3. The van der Waals surface area contributed by atoms with E-state index in [0.29, 0.717) is 13.0 Å². The van der Waals surface area contributed by atoms with E-state index in [1.54, 1.807) is 5.06 Å². The standard InChI is InChI=1S/C19H24N4O2/c1-21-13-17(12-20-21)14-22-9-7-19(8-10-22)11-18(24)23(25-19)15-16-5-3-2-4-6-16/h2-6,12-13H,7-11,14-15H2,1H3. The highest BCUT2D eigenvalue weighted by Crippen LogP contribution is 2.37. The van der Waals surface area contributed by atoms with Crippen LogP contribution in [0.2, 0.25) is 0 Å². The third-order valence-corrected chi connectivity index (χ3v) is 5.16. The van der Waals surface area contributed by atoms with Crippen molar-refractivity contribution in [2.45, 2.75) is 38.0 Å². The van der Waals surface area contributed by atoms with Crippen LogP contribution in [-0.4, -0.2) is 44.3 Å². The van der Waals surface area contributed by atoms with Crippen molar-refractivity contribution in [2.24, 2.45) is 7.05 Å². The van der Waals surface area contributed by atoms with E-state index in [-0.39, 0.29) is 11.5 Å². The van der Waals surface area contributed by atoms with Crippen molar-refractivity contribution in [2.75, 3.05) is 13.1 Å². The van der Waals surface area contributed by atoms with Crippen LogP contribution in [0.4, 0.5) is 0 Å². The second-order valence-corrected chi connectivity index (χ2v) is 7.17. The number of nitrogens with zero attached hydrogens (tertiary/aromatic N) is 4. The van der Waals surface area contributed by atoms with Crippen molar-refractivity contribution < 1.29 is 9.63 Å². The van der Waals surface area contributed by atoms with Crippen LogP contribution in [0.25, 0.3) is 0 Å². The summed E-state index contributed by atoms with van der Waals surface area (Å²) in [6.07, 6.45) is 6.26. The van der Waals surface area contributed by atoms with E-state index in [2.05, 4.69) is 16.2 Å². The van der Waals surface area contributed by atoms with Crippen LogP contribution in [0.5, 0.6) is 0 Å². The molecule has 2 saturated heterocycles. The van der Waals surface area contributed by atoms with Gasteiger partial charge in [-0.15, -0.1) is 0 Å². The minimum absolute atomic E-state index is 0.101. The van der Waals surface area contributed by atoms with Gasteiger partial charge in [-0.3, -0.25) is 19.2 Å². The summed E-state index contributed by atoms with van der Waals surface area (Å²) < 4.78 is 1.83. The van der Waals surface area contributed by atoms with E-state index < -0.39 is 0 Å². The van der Waals surface area contributed by atoms with Gasteiger partial charge >= 0.3 is 0 Å². The van der Waals surface area contributed by atoms with Crippen molar-refractivity contribution in [1.82, 2.24) is 19.7 Å². The lowest BCUT2D eigenvalue weighted by molar-refractivity contribution is -0.214. The molecule has 2 aliphatic heterocycles. The Hall–Kier alpha value is -2.18. The zero-order valence-corrected chi connectivity index (χ0v) is 14.6. The molecule has 0 radical (unpaired) electrons. The summed E-state index contributed by atoms with van der Waals surface area (Å²) in [6.45, 7) is 3.33. The average Bonchev–Trinajstić information content (AvgIpc) is 3.15. The number of hydrogen-bond donors (Lipinski definition) is 0. The Morgan fingerprint density at radius 1 is 1.12 bits per heavy atom. The highest BCUT2D eigenvalue weighted by Gasteiger charge is 2.46. The van der Waals surface area contributed by atoms with Gasteiger partial charge in [-0.05, 0) is 18.4 Å². The monoisotopic (exact) mass is 340 g/mol. The number of benzene rings is 1. The zero-order valence-electron chi connectivity index (χ0n) is 14.6. The van der Waals surface area contributed by atoms with Crippen LogP contribution < -0.4 is 0 Å². The van der Waals surface area contributed by atoms with Crippen LogP contribution in [0, 0.1) is 0 Å². The Labute approximate surface area is 147 Å². The normalized spacial score (nSPS) is 20.5. The predicted octanol–water partition coefficient (Wildman–Crippen LogP) is 2.12. The molecule has 1 aromatic carbocycles. The first kappa shape index (κ1) is 16.3. The van der Waals surface area contributed by atoms with E-state index in [1.807, 2.05) is 48.3 Å². The minimum atomic E-state index is -0.308. The van der Waals surface area contributed by atoms with Crippen molar-refractivity contribution in [3.05, 3.63) is 53.9 Å². The average molecular weight is 340 g/mol. The minimum Gasteiger partial charge on any atom is -0.299 e. The molecule has 1 spiro atoms. The fraction of sp³-hybridized carbons (Fsp3) is 0.474. The van der Waals surface area contributed by atoms with Crippen molar-refractivity contribution in [3.8, 4) is 0 Å². The van der Waals surface area contributed by atoms with Gasteiger partial charge in [-0.1, -0.05) is 30.3 Å². The molecule has 2 aliphatic rings. The van der Waals surface area contributed by atoms with Gasteiger partial charge in [0.25, 0.3) is 0 Å². The molecule has 2 fully saturated rings. The molecule has 3 heterocycles. The molecule has 0 saturated carbocycles. The van der Waals surface area contributed by atoms with Gasteiger partial charge in [0.15, 0.2) is 0 Å². The SMILES string of the molecule is Cn1cc(CN2CCC3(CC2)CC(=O)N(Cc2ccccc2)O3)cn1. The summed E-state index contributed by atoms with van der Waals surface area (Å²) in [5, 5.41) is 5.79. The first-order valence-electron chi connectivity index (χ1n) is 8.85. The molecule has 0 N–H and O–H groups in total. The number of carbonyl (C=O) groups excluding carboxylic acids is 1. The number of amides is 1. The maximum Gasteiger partial charge on any atom is 0.249 e. The third-order valence-electron chi connectivity index (χ3n) is 5.16. The van der Waals surface area contributed by atoms with Crippen LogP contribution in [0.3, 0.4) is 0 Å². The van der Waals surface area contributed by atoms with Crippen LogP contribution in [0.1, 0.15) is 30.4 Å². The molecule has 2 aromatic rings. The predicted molar refractivity (Wildman–Crippen MR) is 93.1 cm³/mol. The lowest BCUT2D eigenvalue weighted by Gasteiger charge is -2.37. The fourth-order valence-corrected chi connectivity index (χ4v) is 3.75. The Morgan fingerprint density at radius 2 is 1.88 bits per heavy atom. The molecule has 6 heteroatoms. The largest absolute Gasteiger partial charge is 0.299 e. The first-order valence-corrected chi connectivity index (χ1v) is 8.85. The number of likely N-dealkylation sites (tertiary alicyclic amines) is 1. The van der Waals surface area contributed by atoms with Crippen LogP contribution in [0.15, 0.2) is 42.7 Å². The molecule has 0 unspecified atom stereocenters. The lowest BCUT2D eigenvalue weighted by Crippen LogP contribution is -2.44. The number of hydroxylamine groups is 2. The van der Waals surface area contributed by atoms with E-state index in [0.717, 1.165) is 38.0 Å². The van der Waals surface area contributed by atoms with Gasteiger partial charge in [0, 0.05) is 38.4 Å². The molecule has 0 atom stereocenters. The van der Waals surface area contributed by atoms with E-state index in [4.69, 9.17) is 4.84 Å². The molecule has 132 valence electrons. The lowest BCUT2D eigenvalue weighted by atomic mass is 9.88. The summed E-state index contributed by atoms with van der Waals surface area (Å²) >= 11 is 0. The quantitative estimate of drug-likeness (QED) is 0.855. The van der Waals surface area contributed by atoms with Crippen LogP contribution in [-0.2, 0) is 29.8 Å². The molecule has 25 heavy (non-hydrogen) atoms. The van der Waals surface area contributed by atoms with Gasteiger partial charge in [0.1, 0.15) is 5.60 Å². The number of aryl methyl sites for hydroxylation is 1. The van der Waals surface area contributed by atoms with Crippen molar-refractivity contribution in [3.63, 3.8) is 0 Å². The molecule has 0 bridgehead atoms. The molecule has 1 aromatic heterocycles. The molecule has 6 nitrogen and oxygen atoms in total. The molecule has 0 aliphatic carbocycles. The summed E-state index contributed by atoms with van der Waals surface area (Å²) in [5.41, 5.74) is 2.02. The third kappa shape index (κ3) is 3.60. The van der Waals surface area contributed by atoms with Gasteiger partial charge < -0.3 is 0 Å². The summed E-state index contributed by atoms with van der Waals surface area (Å²) in [6, 6.07) is 10.0. The number of carbonyl (C=O) groups is 1. The second-order valence-electron chi connectivity index (χ2n) is 7.17. The van der Waals surface area contributed by atoms with Gasteiger partial charge in [-0.25, -0.2) is 5.06 Å². The van der Waals surface area contributed by atoms with Crippen molar-refractivity contribution >= 4 is 5.91 Å². The summed E-state index contributed by atoms with van der Waals surface area (Å²) in [4.78, 5) is 21.0. The van der Waals surface area contributed by atoms with E-state index >= 15 is 0 Å². The van der Waals surface area contributed by atoms with E-state index in [1.165, 1.54) is 5.56 Å². The highest BCUT2D eigenvalue weighted by atomic mass is 16.7. The first-order chi connectivity index (χ1) is 12.1. The summed E-state index contributed by atoms with van der Waals surface area (Å²) in [7, 11) is 1.94. The number of aromatic nitrogens is 2. The van der Waals surface area contributed by atoms with Gasteiger partial charge in [0.2, 0.25) is 5.91 Å². The fourth-order valence-electron chi connectivity index (χ4n) is 3.75. The molecule has 4 rings (SSSR count). The Morgan fingerprint density at radius 3 is 2.56 bits per heavy atom. The van der Waals surface area contributed by atoms with E-state index in [9.17, 15) is 4.79 Å². The van der Waals surface area contributed by atoms with Crippen LogP contribution >= 0.6 is 0 Å². The van der Waals surface area contributed by atoms with Gasteiger partial charge in [-0.2, -0.15) is 5.10 Å². The Bertz CT molecular complexity index is 735. The number of hydrogen-bond acceptors (Lipinski definition) is 4. The second kappa shape index (κ2) is 6.61. The Balaban J connectivity index is 1.34. The summed E-state index contributed by atoms with van der Waals surface area (Å²) in [5.74, 6) is 0.101. The topological polar surface area (TPSA) is 50.6 Å². The van der Waals surface area contributed by atoms with Gasteiger partial charge in [0.05, 0.1) is 19.2 Å².